The highest BCUT2D eigenvalue weighted by atomic mass is 32.2. The maximum atomic E-state index is 12.0. The van der Waals surface area contributed by atoms with Gasteiger partial charge < -0.3 is 5.32 Å². The smallest absolute Gasteiger partial charge is 0.211 e. The maximum Gasteiger partial charge on any atom is 0.211 e. The molecule has 1 aliphatic rings. The summed E-state index contributed by atoms with van der Waals surface area (Å²) in [5, 5.41) is 3.04. The minimum Gasteiger partial charge on any atom is -0.320 e. The van der Waals surface area contributed by atoms with Crippen molar-refractivity contribution in [1.82, 2.24) is 10.0 Å². The fourth-order valence-electron chi connectivity index (χ4n) is 2.73. The summed E-state index contributed by atoms with van der Waals surface area (Å²) in [5.74, 6) is 0.799. The summed E-state index contributed by atoms with van der Waals surface area (Å²) >= 11 is 0. The average molecular weight is 276 g/mol. The Morgan fingerprint density at radius 2 is 1.89 bits per heavy atom. The van der Waals surface area contributed by atoms with Crippen LogP contribution in [0.4, 0.5) is 0 Å². The number of hydrogen-bond acceptors (Lipinski definition) is 3. The standard InChI is InChI=1S/C13H28N2O2S/c1-3-12-8-4-5-9-13(12)15-18(16,17)11-7-6-10-14-2/h12-15H,3-11H2,1-2H3. The molecule has 1 fully saturated rings. The van der Waals surface area contributed by atoms with Gasteiger partial charge in [-0.25, -0.2) is 13.1 Å². The Morgan fingerprint density at radius 3 is 2.56 bits per heavy atom. The zero-order valence-electron chi connectivity index (χ0n) is 11.7. The molecule has 2 N–H and O–H groups in total. The van der Waals surface area contributed by atoms with Crippen LogP contribution < -0.4 is 10.0 Å². The maximum absolute atomic E-state index is 12.0. The third-order valence-corrected chi connectivity index (χ3v) is 5.34. The summed E-state index contributed by atoms with van der Waals surface area (Å²) < 4.78 is 26.9. The van der Waals surface area contributed by atoms with E-state index in [9.17, 15) is 8.42 Å². The van der Waals surface area contributed by atoms with Gasteiger partial charge in [-0.2, -0.15) is 0 Å². The Labute approximate surface area is 112 Å². The van der Waals surface area contributed by atoms with Crippen LogP contribution in [0.3, 0.4) is 0 Å². The van der Waals surface area contributed by atoms with E-state index in [0.29, 0.717) is 5.92 Å². The normalized spacial score (nSPS) is 25.2. The molecule has 5 heteroatoms. The predicted octanol–water partition coefficient (Wildman–Crippen LogP) is 1.87. The van der Waals surface area contributed by atoms with E-state index >= 15 is 0 Å². The first-order valence-corrected chi connectivity index (χ1v) is 8.89. The molecule has 18 heavy (non-hydrogen) atoms. The van der Waals surface area contributed by atoms with Gasteiger partial charge >= 0.3 is 0 Å². The second-order valence-electron chi connectivity index (χ2n) is 5.31. The third kappa shape index (κ3) is 5.67. The minimum absolute atomic E-state index is 0.179. The first-order valence-electron chi connectivity index (χ1n) is 7.23. The number of unbranched alkanes of at least 4 members (excludes halogenated alkanes) is 1. The van der Waals surface area contributed by atoms with Crippen molar-refractivity contribution in [3.05, 3.63) is 0 Å². The first kappa shape index (κ1) is 15.9. The van der Waals surface area contributed by atoms with E-state index in [1.165, 1.54) is 12.8 Å². The van der Waals surface area contributed by atoms with E-state index in [0.717, 1.165) is 38.6 Å². The molecule has 0 saturated heterocycles. The average Bonchev–Trinajstić information content (AvgIpc) is 2.35. The first-order chi connectivity index (χ1) is 8.59. The van der Waals surface area contributed by atoms with Gasteiger partial charge in [-0.05, 0) is 45.2 Å². The Kier molecular flexibility index (Phi) is 7.19. The molecular weight excluding hydrogens is 248 g/mol. The lowest BCUT2D eigenvalue weighted by molar-refractivity contribution is 0.282. The molecular formula is C13H28N2O2S. The van der Waals surface area contributed by atoms with E-state index in [1.54, 1.807) is 0 Å². The van der Waals surface area contributed by atoms with Crippen LogP contribution in [0.25, 0.3) is 0 Å². The highest BCUT2D eigenvalue weighted by Gasteiger charge is 2.27. The zero-order chi connectivity index (χ0) is 13.4. The summed E-state index contributed by atoms with van der Waals surface area (Å²) in [6, 6.07) is 0.179. The molecule has 2 atom stereocenters. The molecule has 0 radical (unpaired) electrons. The predicted molar refractivity (Wildman–Crippen MR) is 76.1 cm³/mol. The lowest BCUT2D eigenvalue weighted by atomic mass is 9.83. The van der Waals surface area contributed by atoms with Gasteiger partial charge in [0.25, 0.3) is 0 Å². The molecule has 0 aromatic carbocycles. The van der Waals surface area contributed by atoms with Gasteiger partial charge in [0.1, 0.15) is 0 Å². The van der Waals surface area contributed by atoms with Crippen molar-refractivity contribution >= 4 is 10.0 Å². The number of sulfonamides is 1. The third-order valence-electron chi connectivity index (χ3n) is 3.85. The van der Waals surface area contributed by atoms with Crippen molar-refractivity contribution in [2.75, 3.05) is 19.3 Å². The summed E-state index contributed by atoms with van der Waals surface area (Å²) in [7, 11) is -1.19. The topological polar surface area (TPSA) is 58.2 Å². The lowest BCUT2D eigenvalue weighted by Crippen LogP contribution is -2.42. The largest absolute Gasteiger partial charge is 0.320 e. The van der Waals surface area contributed by atoms with Gasteiger partial charge in [0, 0.05) is 6.04 Å². The summed E-state index contributed by atoms with van der Waals surface area (Å²) in [5.41, 5.74) is 0. The van der Waals surface area contributed by atoms with E-state index in [4.69, 9.17) is 0 Å². The molecule has 0 spiro atoms. The summed E-state index contributed by atoms with van der Waals surface area (Å²) in [6.45, 7) is 3.04. The van der Waals surface area contributed by atoms with Crippen LogP contribution in [0.15, 0.2) is 0 Å². The number of nitrogens with one attached hydrogen (secondary N) is 2. The quantitative estimate of drug-likeness (QED) is 0.665. The molecule has 0 aromatic rings. The van der Waals surface area contributed by atoms with Gasteiger partial charge in [0.15, 0.2) is 0 Å². The molecule has 0 aromatic heterocycles. The van der Waals surface area contributed by atoms with Crippen LogP contribution in [0.5, 0.6) is 0 Å². The minimum atomic E-state index is -3.08. The SMILES string of the molecule is CCC1CCCCC1NS(=O)(=O)CCCCNC. The highest BCUT2D eigenvalue weighted by Crippen LogP contribution is 2.27. The van der Waals surface area contributed by atoms with Crippen molar-refractivity contribution in [3.63, 3.8) is 0 Å². The Bertz CT molecular complexity index is 317. The van der Waals surface area contributed by atoms with Gasteiger partial charge in [-0.1, -0.05) is 26.2 Å². The van der Waals surface area contributed by atoms with Crippen LogP contribution in [-0.2, 0) is 10.0 Å². The Balaban J connectivity index is 2.38. The zero-order valence-corrected chi connectivity index (χ0v) is 12.6. The lowest BCUT2D eigenvalue weighted by Gasteiger charge is -2.31. The van der Waals surface area contributed by atoms with E-state index in [2.05, 4.69) is 17.0 Å². The fraction of sp³-hybridized carbons (Fsp3) is 1.00. The van der Waals surface area contributed by atoms with Crippen molar-refractivity contribution in [1.29, 1.82) is 0 Å². The van der Waals surface area contributed by atoms with Crippen LogP contribution >= 0.6 is 0 Å². The molecule has 4 nitrogen and oxygen atoms in total. The van der Waals surface area contributed by atoms with E-state index in [1.807, 2.05) is 7.05 Å². The fourth-order valence-corrected chi connectivity index (χ4v) is 4.21. The monoisotopic (exact) mass is 276 g/mol. The van der Waals surface area contributed by atoms with Crippen LogP contribution in [-0.4, -0.2) is 33.8 Å². The van der Waals surface area contributed by atoms with Crippen molar-refractivity contribution in [2.24, 2.45) is 5.92 Å². The summed E-state index contributed by atoms with van der Waals surface area (Å²) in [6.07, 6.45) is 7.31. The van der Waals surface area contributed by atoms with Crippen LogP contribution in [0.2, 0.25) is 0 Å². The molecule has 1 aliphatic carbocycles. The Morgan fingerprint density at radius 1 is 1.17 bits per heavy atom. The second kappa shape index (κ2) is 8.12. The van der Waals surface area contributed by atoms with Gasteiger partial charge in [-0.15, -0.1) is 0 Å². The molecule has 2 unspecified atom stereocenters. The van der Waals surface area contributed by atoms with Crippen molar-refractivity contribution < 1.29 is 8.42 Å². The number of rotatable bonds is 8. The number of hydrogen-bond donors (Lipinski definition) is 2. The van der Waals surface area contributed by atoms with Gasteiger partial charge in [0.05, 0.1) is 5.75 Å². The van der Waals surface area contributed by atoms with Crippen molar-refractivity contribution in [2.45, 2.75) is 57.9 Å². The van der Waals surface area contributed by atoms with Crippen molar-refractivity contribution in [3.8, 4) is 0 Å². The molecule has 1 saturated carbocycles. The van der Waals surface area contributed by atoms with Crippen LogP contribution in [0.1, 0.15) is 51.9 Å². The van der Waals surface area contributed by atoms with Crippen LogP contribution in [0, 0.1) is 5.92 Å². The Hall–Kier alpha value is -0.130. The van der Waals surface area contributed by atoms with E-state index in [-0.39, 0.29) is 11.8 Å². The van der Waals surface area contributed by atoms with Gasteiger partial charge in [0.2, 0.25) is 10.0 Å². The second-order valence-corrected chi connectivity index (χ2v) is 7.18. The summed E-state index contributed by atoms with van der Waals surface area (Å²) in [4.78, 5) is 0. The van der Waals surface area contributed by atoms with Gasteiger partial charge in [-0.3, -0.25) is 0 Å². The molecule has 108 valence electrons. The molecule has 0 amide bonds. The highest BCUT2D eigenvalue weighted by molar-refractivity contribution is 7.89. The molecule has 0 heterocycles. The molecule has 0 aliphatic heterocycles. The van der Waals surface area contributed by atoms with E-state index < -0.39 is 10.0 Å². The molecule has 1 rings (SSSR count). The molecule has 0 bridgehead atoms.